The lowest BCUT2D eigenvalue weighted by molar-refractivity contribution is -0.141. The Balaban J connectivity index is 1.88. The monoisotopic (exact) mass is 489 g/mol. The smallest absolute Gasteiger partial charge is 0.395 e. The van der Waals surface area contributed by atoms with E-state index in [0.717, 1.165) is 11.6 Å². The maximum Gasteiger partial charge on any atom is 0.433 e. The minimum atomic E-state index is -4.51. The normalized spacial score (nSPS) is 13.3. The van der Waals surface area contributed by atoms with E-state index in [9.17, 15) is 22.4 Å². The van der Waals surface area contributed by atoms with Crippen molar-refractivity contribution in [2.45, 2.75) is 38.0 Å². The number of carbonyl (C=O) groups excluding carboxylic acids is 1. The van der Waals surface area contributed by atoms with E-state index in [1.807, 2.05) is 6.07 Å². The molecule has 0 bridgehead atoms. The quantitative estimate of drug-likeness (QED) is 0.362. The third-order valence-electron chi connectivity index (χ3n) is 5.60. The van der Waals surface area contributed by atoms with Crippen LogP contribution in [0, 0.1) is 12.7 Å². The molecule has 0 spiro atoms. The number of pyridine rings is 1. The van der Waals surface area contributed by atoms with Crippen LogP contribution in [-0.2, 0) is 17.4 Å². The zero-order chi connectivity index (χ0) is 25.4. The summed E-state index contributed by atoms with van der Waals surface area (Å²) in [6, 6.07) is 14.8. The second-order valence-electron chi connectivity index (χ2n) is 8.17. The molecule has 0 unspecified atom stereocenters. The van der Waals surface area contributed by atoms with Crippen LogP contribution in [0.25, 0.3) is 0 Å². The van der Waals surface area contributed by atoms with Crippen molar-refractivity contribution in [3.63, 3.8) is 0 Å². The Morgan fingerprint density at radius 1 is 1.06 bits per heavy atom. The molecule has 186 valence electrons. The molecule has 2 aromatic carbocycles. The maximum atomic E-state index is 13.9. The van der Waals surface area contributed by atoms with Crippen molar-refractivity contribution >= 4 is 5.91 Å². The number of halogens is 4. The molecule has 0 aliphatic rings. The number of aliphatic hydroxyl groups is 1. The molecule has 35 heavy (non-hydrogen) atoms. The SMILES string of the molecule is Cc1cc([C@@H](CCc2ccc(C(F)(F)F)nc2)N[C@H](C(=O)NCCO)c2ccccc2)ccc1F. The molecule has 0 aliphatic carbocycles. The van der Waals surface area contributed by atoms with E-state index in [0.29, 0.717) is 29.5 Å². The van der Waals surface area contributed by atoms with Crippen molar-refractivity contribution in [1.29, 1.82) is 0 Å². The van der Waals surface area contributed by atoms with Crippen molar-refractivity contribution in [2.75, 3.05) is 13.2 Å². The first kappa shape index (κ1) is 26.3. The van der Waals surface area contributed by atoms with E-state index < -0.39 is 24.0 Å². The van der Waals surface area contributed by atoms with Gasteiger partial charge in [0.15, 0.2) is 0 Å². The molecule has 0 saturated heterocycles. The number of hydrogen-bond donors (Lipinski definition) is 3. The Labute approximate surface area is 201 Å². The van der Waals surface area contributed by atoms with Gasteiger partial charge in [0.25, 0.3) is 0 Å². The summed E-state index contributed by atoms with van der Waals surface area (Å²) in [5.41, 5.74) is 1.51. The zero-order valence-corrected chi connectivity index (χ0v) is 19.1. The molecule has 3 N–H and O–H groups in total. The Bertz CT molecular complexity index is 1110. The molecule has 1 amide bonds. The van der Waals surface area contributed by atoms with Gasteiger partial charge in [-0.25, -0.2) is 4.39 Å². The summed E-state index contributed by atoms with van der Waals surface area (Å²) in [5, 5.41) is 15.1. The first-order chi connectivity index (χ1) is 16.7. The Kier molecular flexibility index (Phi) is 8.95. The minimum Gasteiger partial charge on any atom is -0.395 e. The van der Waals surface area contributed by atoms with Crippen LogP contribution < -0.4 is 10.6 Å². The molecule has 5 nitrogen and oxygen atoms in total. The van der Waals surface area contributed by atoms with Gasteiger partial charge in [-0.15, -0.1) is 0 Å². The first-order valence-corrected chi connectivity index (χ1v) is 11.2. The van der Waals surface area contributed by atoms with Crippen LogP contribution in [0.5, 0.6) is 0 Å². The fourth-order valence-corrected chi connectivity index (χ4v) is 3.73. The fourth-order valence-electron chi connectivity index (χ4n) is 3.73. The van der Waals surface area contributed by atoms with Gasteiger partial charge in [-0.1, -0.05) is 48.5 Å². The highest BCUT2D eigenvalue weighted by Gasteiger charge is 2.32. The van der Waals surface area contributed by atoms with Crippen LogP contribution in [-0.4, -0.2) is 29.1 Å². The molecule has 0 aliphatic heterocycles. The first-order valence-electron chi connectivity index (χ1n) is 11.2. The Morgan fingerprint density at radius 3 is 2.40 bits per heavy atom. The van der Waals surface area contributed by atoms with Gasteiger partial charge in [0.2, 0.25) is 5.91 Å². The largest absolute Gasteiger partial charge is 0.433 e. The summed E-state index contributed by atoms with van der Waals surface area (Å²) in [5.74, 6) is -0.704. The van der Waals surface area contributed by atoms with Crippen molar-refractivity contribution in [3.8, 4) is 0 Å². The van der Waals surface area contributed by atoms with E-state index in [1.54, 1.807) is 43.3 Å². The predicted octanol–water partition coefficient (Wildman–Crippen LogP) is 4.66. The third kappa shape index (κ3) is 7.34. The molecule has 3 rings (SSSR count). The van der Waals surface area contributed by atoms with Crippen LogP contribution in [0.15, 0.2) is 66.9 Å². The van der Waals surface area contributed by atoms with Crippen LogP contribution in [0.3, 0.4) is 0 Å². The molecular weight excluding hydrogens is 462 g/mol. The number of benzene rings is 2. The molecule has 9 heteroatoms. The number of alkyl halides is 3. The fraction of sp³-hybridized carbons (Fsp3) is 0.308. The highest BCUT2D eigenvalue weighted by Crippen LogP contribution is 2.29. The topological polar surface area (TPSA) is 74.2 Å². The summed E-state index contributed by atoms with van der Waals surface area (Å²) in [4.78, 5) is 16.4. The number of nitrogens with zero attached hydrogens (tertiary/aromatic N) is 1. The average molecular weight is 490 g/mol. The van der Waals surface area contributed by atoms with Crippen molar-refractivity contribution in [3.05, 3.63) is 101 Å². The van der Waals surface area contributed by atoms with Gasteiger partial charge < -0.3 is 10.4 Å². The van der Waals surface area contributed by atoms with E-state index in [-0.39, 0.29) is 24.9 Å². The van der Waals surface area contributed by atoms with Crippen molar-refractivity contribution in [2.24, 2.45) is 0 Å². The highest BCUT2D eigenvalue weighted by atomic mass is 19.4. The molecule has 0 radical (unpaired) electrons. The van der Waals surface area contributed by atoms with Gasteiger partial charge in [0.1, 0.15) is 17.6 Å². The van der Waals surface area contributed by atoms with Gasteiger partial charge in [0.05, 0.1) is 6.61 Å². The summed E-state index contributed by atoms with van der Waals surface area (Å²) >= 11 is 0. The van der Waals surface area contributed by atoms with Gasteiger partial charge in [-0.2, -0.15) is 13.2 Å². The summed E-state index contributed by atoms with van der Waals surface area (Å²) in [7, 11) is 0. The van der Waals surface area contributed by atoms with E-state index in [4.69, 9.17) is 5.11 Å². The number of hydrogen-bond acceptors (Lipinski definition) is 4. The lowest BCUT2D eigenvalue weighted by Gasteiger charge is -2.26. The lowest BCUT2D eigenvalue weighted by Crippen LogP contribution is -2.40. The van der Waals surface area contributed by atoms with E-state index in [2.05, 4.69) is 15.6 Å². The number of aromatic nitrogens is 1. The zero-order valence-electron chi connectivity index (χ0n) is 19.1. The summed E-state index contributed by atoms with van der Waals surface area (Å²) < 4.78 is 52.4. The Morgan fingerprint density at radius 2 is 1.80 bits per heavy atom. The number of aryl methyl sites for hydroxylation is 2. The molecule has 1 heterocycles. The molecular formula is C26H27F4N3O2. The van der Waals surface area contributed by atoms with Crippen LogP contribution in [0.4, 0.5) is 17.6 Å². The maximum absolute atomic E-state index is 13.9. The average Bonchev–Trinajstić information content (AvgIpc) is 2.84. The van der Waals surface area contributed by atoms with E-state index in [1.165, 1.54) is 18.3 Å². The number of aliphatic hydroxyl groups excluding tert-OH is 1. The predicted molar refractivity (Wildman–Crippen MR) is 124 cm³/mol. The Hall–Kier alpha value is -3.30. The standard InChI is InChI=1S/C26H27F4N3O2/c1-17-15-20(9-10-21(17)27)22(11-7-18-8-12-23(32-16-18)26(28,29)30)33-24(25(35)31-13-14-34)19-5-3-2-4-6-19/h2-6,8-10,12,15-16,22,24,33-34H,7,11,13-14H2,1H3,(H,31,35)/t22-,24+/m1/s1. The van der Waals surface area contributed by atoms with Gasteiger partial charge in [0, 0.05) is 18.8 Å². The molecule has 3 aromatic rings. The second-order valence-corrected chi connectivity index (χ2v) is 8.17. The van der Waals surface area contributed by atoms with Crippen LogP contribution in [0.2, 0.25) is 0 Å². The number of nitrogens with one attached hydrogen (secondary N) is 2. The van der Waals surface area contributed by atoms with Crippen molar-refractivity contribution < 1.29 is 27.5 Å². The third-order valence-corrected chi connectivity index (χ3v) is 5.60. The summed E-state index contributed by atoms with van der Waals surface area (Å²) in [6.07, 6.45) is -2.54. The van der Waals surface area contributed by atoms with Gasteiger partial charge in [-0.05, 0) is 54.2 Å². The molecule has 1 aromatic heterocycles. The number of amides is 1. The van der Waals surface area contributed by atoms with Gasteiger partial charge in [-0.3, -0.25) is 15.1 Å². The lowest BCUT2D eigenvalue weighted by atomic mass is 9.95. The van der Waals surface area contributed by atoms with E-state index >= 15 is 0 Å². The number of rotatable bonds is 10. The van der Waals surface area contributed by atoms with Crippen LogP contribution in [0.1, 0.15) is 46.5 Å². The second kappa shape index (κ2) is 11.9. The number of carbonyl (C=O) groups is 1. The van der Waals surface area contributed by atoms with Crippen molar-refractivity contribution in [1.82, 2.24) is 15.6 Å². The van der Waals surface area contributed by atoms with Gasteiger partial charge >= 0.3 is 6.18 Å². The highest BCUT2D eigenvalue weighted by molar-refractivity contribution is 5.83. The summed E-state index contributed by atoms with van der Waals surface area (Å²) in [6.45, 7) is 1.51. The minimum absolute atomic E-state index is 0.0847. The van der Waals surface area contributed by atoms with Crippen LogP contribution >= 0.6 is 0 Å². The molecule has 0 saturated carbocycles. The molecule has 0 fully saturated rings. The molecule has 2 atom stereocenters.